The van der Waals surface area contributed by atoms with Crippen LogP contribution in [0.1, 0.15) is 16.7 Å². The predicted octanol–water partition coefficient (Wildman–Crippen LogP) is 6.90. The number of benzene rings is 3. The van der Waals surface area contributed by atoms with Gasteiger partial charge in [-0.15, -0.1) is 0 Å². The second kappa shape index (κ2) is 9.45. The molecule has 3 aromatic rings. The monoisotopic (exact) mass is 452 g/mol. The maximum atomic E-state index is 14.2. The molecule has 2 nitrogen and oxygen atoms in total. The summed E-state index contributed by atoms with van der Waals surface area (Å²) in [4.78, 5) is 1.69. The highest BCUT2D eigenvalue weighted by Crippen LogP contribution is 2.36. The summed E-state index contributed by atoms with van der Waals surface area (Å²) >= 11 is 11.1. The summed E-state index contributed by atoms with van der Waals surface area (Å²) in [6.07, 6.45) is -4.59. The van der Waals surface area contributed by atoms with Gasteiger partial charge in [-0.1, -0.05) is 60.1 Å². The summed E-state index contributed by atoms with van der Waals surface area (Å²) in [6, 6.07) is 19.1. The highest BCUT2D eigenvalue weighted by atomic mass is 35.5. The molecule has 0 bridgehead atoms. The predicted molar refractivity (Wildman–Crippen MR) is 115 cm³/mol. The Morgan fingerprint density at radius 2 is 1.60 bits per heavy atom. The van der Waals surface area contributed by atoms with Gasteiger partial charge in [0, 0.05) is 24.3 Å². The molecule has 0 spiro atoms. The van der Waals surface area contributed by atoms with Crippen molar-refractivity contribution in [2.75, 3.05) is 5.32 Å². The maximum Gasteiger partial charge on any atom is 0.417 e. The zero-order valence-corrected chi connectivity index (χ0v) is 17.2. The van der Waals surface area contributed by atoms with Crippen LogP contribution in [0.4, 0.5) is 23.2 Å². The van der Waals surface area contributed by atoms with Crippen LogP contribution in [-0.4, -0.2) is 10.0 Å². The maximum absolute atomic E-state index is 14.2. The molecular weight excluding hydrogens is 436 g/mol. The number of alkyl halides is 3. The van der Waals surface area contributed by atoms with Crippen LogP contribution in [-0.2, 0) is 19.3 Å². The minimum absolute atomic E-state index is 0.142. The first-order chi connectivity index (χ1) is 14.2. The molecule has 0 aliphatic heterocycles. The largest absolute Gasteiger partial charge is 0.417 e. The highest BCUT2D eigenvalue weighted by molar-refractivity contribution is 7.80. The number of hydrogen-bond acceptors (Lipinski definition) is 1. The van der Waals surface area contributed by atoms with Crippen molar-refractivity contribution in [3.05, 3.63) is 100 Å². The zero-order chi connectivity index (χ0) is 21.7. The quantitative estimate of drug-likeness (QED) is 0.335. The van der Waals surface area contributed by atoms with Gasteiger partial charge in [0.25, 0.3) is 0 Å². The lowest BCUT2D eigenvalue weighted by molar-refractivity contribution is -0.137. The van der Waals surface area contributed by atoms with Crippen molar-refractivity contribution < 1.29 is 17.6 Å². The molecule has 0 aliphatic carbocycles. The minimum Gasteiger partial charge on any atom is -0.340 e. The Hall–Kier alpha value is -2.64. The van der Waals surface area contributed by atoms with Crippen LogP contribution in [0.2, 0.25) is 5.02 Å². The second-order valence-electron chi connectivity index (χ2n) is 6.56. The molecule has 3 aromatic carbocycles. The summed E-state index contributed by atoms with van der Waals surface area (Å²) < 4.78 is 53.6. The molecule has 0 aromatic heterocycles. The van der Waals surface area contributed by atoms with E-state index in [1.165, 1.54) is 12.1 Å². The molecule has 30 heavy (non-hydrogen) atoms. The van der Waals surface area contributed by atoms with Gasteiger partial charge in [0.2, 0.25) is 0 Å². The first-order valence-electron chi connectivity index (χ1n) is 8.94. The van der Waals surface area contributed by atoms with Gasteiger partial charge in [-0.05, 0) is 42.0 Å². The first kappa shape index (κ1) is 22.1. The SMILES string of the molecule is Fc1ccccc1CN(Cc1ccccc1)C(=S)Nc1ccc(Cl)c(C(F)(F)F)c1. The summed E-state index contributed by atoms with van der Waals surface area (Å²) in [5, 5.41) is 2.59. The lowest BCUT2D eigenvalue weighted by Gasteiger charge is -2.26. The van der Waals surface area contributed by atoms with Gasteiger partial charge in [-0.25, -0.2) is 4.39 Å². The molecule has 3 rings (SSSR count). The van der Waals surface area contributed by atoms with E-state index in [1.807, 2.05) is 30.3 Å². The molecule has 0 fully saturated rings. The van der Waals surface area contributed by atoms with Crippen LogP contribution in [0.15, 0.2) is 72.8 Å². The number of nitrogens with one attached hydrogen (secondary N) is 1. The van der Waals surface area contributed by atoms with Gasteiger partial charge in [0.05, 0.1) is 10.6 Å². The van der Waals surface area contributed by atoms with Crippen molar-refractivity contribution in [2.24, 2.45) is 0 Å². The Morgan fingerprint density at radius 1 is 0.933 bits per heavy atom. The van der Waals surface area contributed by atoms with E-state index < -0.39 is 16.8 Å². The average molecular weight is 453 g/mol. The van der Waals surface area contributed by atoms with Crippen molar-refractivity contribution in [1.29, 1.82) is 0 Å². The van der Waals surface area contributed by atoms with E-state index in [0.29, 0.717) is 12.1 Å². The third kappa shape index (κ3) is 5.70. The normalized spacial score (nSPS) is 11.2. The van der Waals surface area contributed by atoms with Crippen LogP contribution in [0.3, 0.4) is 0 Å². The van der Waals surface area contributed by atoms with Crippen LogP contribution in [0.5, 0.6) is 0 Å². The van der Waals surface area contributed by atoms with Crippen molar-refractivity contribution in [2.45, 2.75) is 19.3 Å². The number of halogens is 5. The van der Waals surface area contributed by atoms with Gasteiger partial charge in [0.1, 0.15) is 5.82 Å². The fourth-order valence-electron chi connectivity index (χ4n) is 2.86. The van der Waals surface area contributed by atoms with E-state index in [-0.39, 0.29) is 23.2 Å². The van der Waals surface area contributed by atoms with Gasteiger partial charge in [-0.3, -0.25) is 0 Å². The average Bonchev–Trinajstić information content (AvgIpc) is 2.70. The molecule has 0 atom stereocenters. The van der Waals surface area contributed by atoms with E-state index in [1.54, 1.807) is 23.1 Å². The molecular formula is C22H17ClF4N2S. The van der Waals surface area contributed by atoms with E-state index in [4.69, 9.17) is 23.8 Å². The fourth-order valence-corrected chi connectivity index (χ4v) is 3.33. The van der Waals surface area contributed by atoms with Gasteiger partial charge >= 0.3 is 6.18 Å². The number of rotatable bonds is 5. The van der Waals surface area contributed by atoms with Crippen LogP contribution >= 0.6 is 23.8 Å². The number of nitrogens with zero attached hydrogens (tertiary/aromatic N) is 1. The molecule has 0 aliphatic rings. The summed E-state index contributed by atoms with van der Waals surface area (Å²) in [6.45, 7) is 0.494. The number of anilines is 1. The summed E-state index contributed by atoms with van der Waals surface area (Å²) in [5.41, 5.74) is 0.527. The van der Waals surface area contributed by atoms with E-state index in [0.717, 1.165) is 17.7 Å². The molecule has 0 radical (unpaired) electrons. The number of hydrogen-bond donors (Lipinski definition) is 1. The van der Waals surface area contributed by atoms with Gasteiger partial charge < -0.3 is 10.2 Å². The van der Waals surface area contributed by atoms with Gasteiger partial charge in [-0.2, -0.15) is 13.2 Å². The minimum atomic E-state index is -4.59. The van der Waals surface area contributed by atoms with Crippen LogP contribution in [0.25, 0.3) is 0 Å². The smallest absolute Gasteiger partial charge is 0.340 e. The molecule has 0 saturated heterocycles. The third-order valence-electron chi connectivity index (χ3n) is 4.35. The Kier molecular flexibility index (Phi) is 6.95. The van der Waals surface area contributed by atoms with E-state index >= 15 is 0 Å². The molecule has 8 heteroatoms. The van der Waals surface area contributed by atoms with Crippen molar-refractivity contribution >= 4 is 34.6 Å². The second-order valence-corrected chi connectivity index (χ2v) is 7.35. The first-order valence-corrected chi connectivity index (χ1v) is 9.72. The molecule has 1 N–H and O–H groups in total. The third-order valence-corrected chi connectivity index (χ3v) is 5.04. The van der Waals surface area contributed by atoms with Crippen LogP contribution < -0.4 is 5.32 Å². The van der Waals surface area contributed by atoms with Crippen LogP contribution in [0, 0.1) is 5.82 Å². The Labute approximate surface area is 182 Å². The Balaban J connectivity index is 1.85. The van der Waals surface area contributed by atoms with Crippen molar-refractivity contribution in [3.8, 4) is 0 Å². The van der Waals surface area contributed by atoms with Gasteiger partial charge in [0.15, 0.2) is 5.11 Å². The molecule has 0 heterocycles. The molecule has 156 valence electrons. The Morgan fingerprint density at radius 3 is 2.27 bits per heavy atom. The summed E-state index contributed by atoms with van der Waals surface area (Å²) in [5.74, 6) is -0.385. The Bertz CT molecular complexity index is 1030. The lowest BCUT2D eigenvalue weighted by atomic mass is 10.1. The fraction of sp³-hybridized carbons (Fsp3) is 0.136. The zero-order valence-electron chi connectivity index (χ0n) is 15.6. The van der Waals surface area contributed by atoms with Crippen molar-refractivity contribution in [1.82, 2.24) is 4.90 Å². The molecule has 0 unspecified atom stereocenters. The highest BCUT2D eigenvalue weighted by Gasteiger charge is 2.33. The van der Waals surface area contributed by atoms with Crippen molar-refractivity contribution in [3.63, 3.8) is 0 Å². The standard InChI is InChI=1S/C22H17ClF4N2S/c23-19-11-10-17(12-18(19)22(25,26)27)28-21(30)29(13-15-6-2-1-3-7-15)14-16-8-4-5-9-20(16)24/h1-12H,13-14H2,(H,28,30). The lowest BCUT2D eigenvalue weighted by Crippen LogP contribution is -2.34. The summed E-state index contributed by atoms with van der Waals surface area (Å²) in [7, 11) is 0. The van der Waals surface area contributed by atoms with E-state index in [2.05, 4.69) is 5.32 Å². The molecule has 0 saturated carbocycles. The topological polar surface area (TPSA) is 15.3 Å². The number of thiocarbonyl (C=S) groups is 1. The van der Waals surface area contributed by atoms with E-state index in [9.17, 15) is 17.6 Å². The molecule has 0 amide bonds.